The smallest absolute Gasteiger partial charge is 0.262 e. The first kappa shape index (κ1) is 26.5. The van der Waals surface area contributed by atoms with E-state index in [1.54, 1.807) is 13.0 Å². The predicted molar refractivity (Wildman–Crippen MR) is 141 cm³/mol. The van der Waals surface area contributed by atoms with Gasteiger partial charge in [-0.1, -0.05) is 29.8 Å². The molecule has 0 aromatic heterocycles. The fourth-order valence-corrected chi connectivity index (χ4v) is 3.71. The van der Waals surface area contributed by atoms with Crippen LogP contribution in [0.5, 0.6) is 11.5 Å². The van der Waals surface area contributed by atoms with Crippen LogP contribution in [0.2, 0.25) is 0 Å². The van der Waals surface area contributed by atoms with Gasteiger partial charge in [0, 0.05) is 0 Å². The topological polar surface area (TPSA) is 89.0 Å². The summed E-state index contributed by atoms with van der Waals surface area (Å²) in [5.41, 5.74) is 9.15. The second-order valence-corrected chi connectivity index (χ2v) is 8.86. The Labute approximate surface area is 212 Å². The molecule has 0 aliphatic heterocycles. The maximum Gasteiger partial charge on any atom is 0.262 e. The molecule has 0 heterocycles. The van der Waals surface area contributed by atoms with Crippen LogP contribution in [0.25, 0.3) is 0 Å². The summed E-state index contributed by atoms with van der Waals surface area (Å²) in [6.45, 7) is 10.1. The third-order valence-corrected chi connectivity index (χ3v) is 5.62. The molecule has 36 heavy (non-hydrogen) atoms. The highest BCUT2D eigenvalue weighted by atomic mass is 16.5. The Morgan fingerprint density at radius 3 is 2.25 bits per heavy atom. The van der Waals surface area contributed by atoms with Gasteiger partial charge in [-0.15, -0.1) is 0 Å². The fraction of sp³-hybridized carbons (Fsp3) is 0.276. The number of hydrazone groups is 1. The SMILES string of the molecule is Cc1cccc(OCC(=O)NC(C)C(=O)NN=Cc2ccc(OCc3c(C)cc(C)cc3C)cc2)c1. The van der Waals surface area contributed by atoms with Crippen molar-refractivity contribution in [1.82, 2.24) is 10.7 Å². The van der Waals surface area contributed by atoms with Crippen molar-refractivity contribution in [2.45, 2.75) is 47.3 Å². The average molecular weight is 488 g/mol. The molecular weight excluding hydrogens is 454 g/mol. The van der Waals surface area contributed by atoms with Crippen molar-refractivity contribution in [2.75, 3.05) is 6.61 Å². The third kappa shape index (κ3) is 7.98. The quantitative estimate of drug-likeness (QED) is 0.325. The number of hydrogen-bond acceptors (Lipinski definition) is 5. The monoisotopic (exact) mass is 487 g/mol. The lowest BCUT2D eigenvalue weighted by Crippen LogP contribution is -2.45. The van der Waals surface area contributed by atoms with Crippen molar-refractivity contribution in [3.63, 3.8) is 0 Å². The Balaban J connectivity index is 1.42. The lowest BCUT2D eigenvalue weighted by atomic mass is 10.0. The molecule has 1 unspecified atom stereocenters. The van der Waals surface area contributed by atoms with Crippen LogP contribution in [0, 0.1) is 27.7 Å². The highest BCUT2D eigenvalue weighted by Gasteiger charge is 2.15. The lowest BCUT2D eigenvalue weighted by Gasteiger charge is -2.13. The standard InChI is InChI=1S/C29H33N3O4/c1-19-7-6-8-26(15-19)36-18-28(33)31-23(5)29(34)32-30-16-24-9-11-25(12-10-24)35-17-27-21(3)13-20(2)14-22(27)4/h6-16,23H,17-18H2,1-5H3,(H,31,33)(H,32,34). The van der Waals surface area contributed by atoms with Crippen molar-refractivity contribution >= 4 is 18.0 Å². The van der Waals surface area contributed by atoms with Crippen LogP contribution < -0.4 is 20.2 Å². The molecule has 188 valence electrons. The van der Waals surface area contributed by atoms with E-state index in [1.165, 1.54) is 28.5 Å². The van der Waals surface area contributed by atoms with E-state index in [0.29, 0.717) is 12.4 Å². The predicted octanol–water partition coefficient (Wildman–Crippen LogP) is 4.53. The molecule has 1 atom stereocenters. The summed E-state index contributed by atoms with van der Waals surface area (Å²) >= 11 is 0. The Hall–Kier alpha value is -4.13. The van der Waals surface area contributed by atoms with Gasteiger partial charge in [-0.3, -0.25) is 9.59 Å². The van der Waals surface area contributed by atoms with E-state index in [4.69, 9.17) is 9.47 Å². The largest absolute Gasteiger partial charge is 0.489 e. The average Bonchev–Trinajstić information content (AvgIpc) is 2.83. The summed E-state index contributed by atoms with van der Waals surface area (Å²) < 4.78 is 11.4. The molecule has 0 aliphatic carbocycles. The van der Waals surface area contributed by atoms with E-state index in [-0.39, 0.29) is 6.61 Å². The number of aryl methyl sites for hydroxylation is 4. The van der Waals surface area contributed by atoms with Gasteiger partial charge in [-0.25, -0.2) is 5.43 Å². The van der Waals surface area contributed by atoms with Gasteiger partial charge in [-0.05, 0) is 98.8 Å². The maximum absolute atomic E-state index is 12.2. The number of carbonyl (C=O) groups is 2. The number of ether oxygens (including phenoxy) is 2. The van der Waals surface area contributed by atoms with Crippen molar-refractivity contribution in [3.05, 3.63) is 94.0 Å². The van der Waals surface area contributed by atoms with Gasteiger partial charge in [0.1, 0.15) is 24.1 Å². The van der Waals surface area contributed by atoms with E-state index in [2.05, 4.69) is 48.7 Å². The first-order chi connectivity index (χ1) is 17.2. The minimum atomic E-state index is -0.764. The van der Waals surface area contributed by atoms with Crippen molar-refractivity contribution in [2.24, 2.45) is 5.10 Å². The Morgan fingerprint density at radius 2 is 1.58 bits per heavy atom. The van der Waals surface area contributed by atoms with Gasteiger partial charge in [0.15, 0.2) is 6.61 Å². The van der Waals surface area contributed by atoms with E-state index in [9.17, 15) is 9.59 Å². The van der Waals surface area contributed by atoms with E-state index >= 15 is 0 Å². The van der Waals surface area contributed by atoms with Gasteiger partial charge in [0.05, 0.1) is 6.21 Å². The van der Waals surface area contributed by atoms with Crippen LogP contribution in [-0.4, -0.2) is 30.7 Å². The van der Waals surface area contributed by atoms with E-state index in [1.807, 2.05) is 49.4 Å². The Bertz CT molecular complexity index is 1210. The zero-order chi connectivity index (χ0) is 26.1. The molecule has 0 spiro atoms. The number of hydrogen-bond donors (Lipinski definition) is 2. The molecule has 0 bridgehead atoms. The Kier molecular flexibility index (Phi) is 9.22. The number of amides is 2. The lowest BCUT2D eigenvalue weighted by molar-refractivity contribution is -0.129. The second-order valence-electron chi connectivity index (χ2n) is 8.86. The first-order valence-corrected chi connectivity index (χ1v) is 11.8. The summed E-state index contributed by atoms with van der Waals surface area (Å²) in [5.74, 6) is 0.525. The zero-order valence-electron chi connectivity index (χ0n) is 21.4. The molecule has 3 aromatic rings. The first-order valence-electron chi connectivity index (χ1n) is 11.8. The number of rotatable bonds is 10. The number of nitrogens with zero attached hydrogens (tertiary/aromatic N) is 1. The van der Waals surface area contributed by atoms with Gasteiger partial charge in [-0.2, -0.15) is 5.10 Å². The van der Waals surface area contributed by atoms with Crippen LogP contribution in [0.4, 0.5) is 0 Å². The summed E-state index contributed by atoms with van der Waals surface area (Å²) in [6.07, 6.45) is 1.53. The Morgan fingerprint density at radius 1 is 0.889 bits per heavy atom. The number of nitrogens with one attached hydrogen (secondary N) is 2. The van der Waals surface area contributed by atoms with Gasteiger partial charge >= 0.3 is 0 Å². The summed E-state index contributed by atoms with van der Waals surface area (Å²) in [5, 5.41) is 6.57. The van der Waals surface area contributed by atoms with Crippen molar-refractivity contribution < 1.29 is 19.1 Å². The molecule has 3 aromatic carbocycles. The van der Waals surface area contributed by atoms with Crippen LogP contribution in [0.1, 0.15) is 40.3 Å². The zero-order valence-corrected chi connectivity index (χ0v) is 21.4. The van der Waals surface area contributed by atoms with Crippen molar-refractivity contribution in [1.29, 1.82) is 0 Å². The maximum atomic E-state index is 12.2. The molecule has 0 fully saturated rings. The summed E-state index contributed by atoms with van der Waals surface area (Å²) in [6, 6.07) is 18.4. The summed E-state index contributed by atoms with van der Waals surface area (Å²) in [7, 11) is 0. The minimum absolute atomic E-state index is 0.179. The number of carbonyl (C=O) groups excluding carboxylic acids is 2. The highest BCUT2D eigenvalue weighted by molar-refractivity contribution is 5.88. The molecule has 2 amide bonds. The van der Waals surface area contributed by atoms with Crippen LogP contribution >= 0.6 is 0 Å². The normalized spacial score (nSPS) is 11.7. The van der Waals surface area contributed by atoms with Crippen LogP contribution in [-0.2, 0) is 16.2 Å². The molecule has 3 rings (SSSR count). The van der Waals surface area contributed by atoms with Gasteiger partial charge < -0.3 is 14.8 Å². The van der Waals surface area contributed by atoms with Gasteiger partial charge in [0.2, 0.25) is 0 Å². The van der Waals surface area contributed by atoms with Crippen LogP contribution in [0.3, 0.4) is 0 Å². The van der Waals surface area contributed by atoms with Crippen LogP contribution in [0.15, 0.2) is 65.8 Å². The fourth-order valence-electron chi connectivity index (χ4n) is 3.71. The molecule has 0 saturated carbocycles. The molecule has 2 N–H and O–H groups in total. The summed E-state index contributed by atoms with van der Waals surface area (Å²) in [4.78, 5) is 24.3. The molecular formula is C29H33N3O4. The van der Waals surface area contributed by atoms with E-state index in [0.717, 1.165) is 16.9 Å². The molecule has 7 heteroatoms. The highest BCUT2D eigenvalue weighted by Crippen LogP contribution is 2.20. The third-order valence-electron chi connectivity index (χ3n) is 5.62. The molecule has 0 saturated heterocycles. The molecule has 7 nitrogen and oxygen atoms in total. The second kappa shape index (κ2) is 12.5. The molecule has 0 aliphatic rings. The van der Waals surface area contributed by atoms with Crippen molar-refractivity contribution in [3.8, 4) is 11.5 Å². The molecule has 0 radical (unpaired) electrons. The van der Waals surface area contributed by atoms with Gasteiger partial charge in [0.25, 0.3) is 11.8 Å². The minimum Gasteiger partial charge on any atom is -0.489 e. The van der Waals surface area contributed by atoms with E-state index < -0.39 is 17.9 Å². The number of benzene rings is 3.